The van der Waals surface area contributed by atoms with Crippen LogP contribution in [-0.4, -0.2) is 38.5 Å². The lowest BCUT2D eigenvalue weighted by molar-refractivity contribution is 0.241. The molecule has 1 amide bonds. The van der Waals surface area contributed by atoms with Crippen LogP contribution in [0, 0.1) is 0 Å². The van der Waals surface area contributed by atoms with Crippen molar-refractivity contribution < 1.29 is 14.3 Å². The molecule has 88 valence electrons. The van der Waals surface area contributed by atoms with Gasteiger partial charge in [0.1, 0.15) is 16.4 Å². The molecule has 1 aromatic rings. The third-order valence-corrected chi connectivity index (χ3v) is 3.08. The van der Waals surface area contributed by atoms with Gasteiger partial charge in [0.25, 0.3) is 5.24 Å². The lowest BCUT2D eigenvalue weighted by atomic mass is 10.3. The number of nitrogens with zero attached hydrogens (tertiary/aromatic N) is 1. The number of hydrogen-bond donors (Lipinski definition) is 0. The van der Waals surface area contributed by atoms with Crippen LogP contribution in [0.15, 0.2) is 23.1 Å². The first-order valence-corrected chi connectivity index (χ1v) is 5.52. The molecular formula is C11H15NO3S. The van der Waals surface area contributed by atoms with Crippen molar-refractivity contribution in [1.29, 1.82) is 0 Å². The highest BCUT2D eigenvalue weighted by Gasteiger charge is 2.15. The van der Waals surface area contributed by atoms with E-state index in [2.05, 4.69) is 0 Å². The number of ether oxygens (including phenoxy) is 2. The maximum absolute atomic E-state index is 11.6. The van der Waals surface area contributed by atoms with Gasteiger partial charge < -0.3 is 14.4 Å². The summed E-state index contributed by atoms with van der Waals surface area (Å²) in [6.07, 6.45) is 0. The Morgan fingerprint density at radius 1 is 1.19 bits per heavy atom. The summed E-state index contributed by atoms with van der Waals surface area (Å²) in [4.78, 5) is 13.8. The number of hydrogen-bond acceptors (Lipinski definition) is 4. The molecule has 16 heavy (non-hydrogen) atoms. The summed E-state index contributed by atoms with van der Waals surface area (Å²) < 4.78 is 10.4. The highest BCUT2D eigenvalue weighted by molar-refractivity contribution is 8.13. The van der Waals surface area contributed by atoms with E-state index in [-0.39, 0.29) is 5.24 Å². The van der Waals surface area contributed by atoms with Crippen molar-refractivity contribution in [2.45, 2.75) is 4.90 Å². The van der Waals surface area contributed by atoms with Crippen molar-refractivity contribution in [3.63, 3.8) is 0 Å². The molecule has 0 radical (unpaired) electrons. The van der Waals surface area contributed by atoms with E-state index in [4.69, 9.17) is 9.47 Å². The first-order valence-electron chi connectivity index (χ1n) is 4.70. The highest BCUT2D eigenvalue weighted by Crippen LogP contribution is 2.38. The second-order valence-corrected chi connectivity index (χ2v) is 4.22. The Kier molecular flexibility index (Phi) is 4.49. The third kappa shape index (κ3) is 2.82. The van der Waals surface area contributed by atoms with Crippen molar-refractivity contribution in [2.24, 2.45) is 0 Å². The van der Waals surface area contributed by atoms with Gasteiger partial charge in [0.05, 0.1) is 14.2 Å². The minimum absolute atomic E-state index is 0.0669. The molecule has 4 nitrogen and oxygen atoms in total. The zero-order valence-electron chi connectivity index (χ0n) is 9.81. The third-order valence-electron chi connectivity index (χ3n) is 1.94. The molecule has 0 aliphatic heterocycles. The molecule has 0 saturated carbocycles. The molecule has 0 aromatic heterocycles. The average molecular weight is 241 g/mol. The Labute approximate surface area is 99.5 Å². The molecule has 0 aliphatic rings. The molecule has 0 heterocycles. The first kappa shape index (κ1) is 12.7. The summed E-state index contributed by atoms with van der Waals surface area (Å²) in [5.74, 6) is 1.28. The van der Waals surface area contributed by atoms with Crippen LogP contribution < -0.4 is 9.47 Å². The van der Waals surface area contributed by atoms with Gasteiger partial charge in [-0.1, -0.05) is 6.07 Å². The normalized spacial score (nSPS) is 9.75. The maximum atomic E-state index is 11.6. The second kappa shape index (κ2) is 5.65. The Morgan fingerprint density at radius 3 is 2.06 bits per heavy atom. The molecule has 0 spiro atoms. The molecule has 0 unspecified atom stereocenters. The summed E-state index contributed by atoms with van der Waals surface area (Å²) in [5, 5.41) is -0.0669. The summed E-state index contributed by atoms with van der Waals surface area (Å²) >= 11 is 1.09. The van der Waals surface area contributed by atoms with Gasteiger partial charge in [-0.25, -0.2) is 0 Å². The van der Waals surface area contributed by atoms with E-state index in [1.54, 1.807) is 40.4 Å². The first-order chi connectivity index (χ1) is 7.60. The Hall–Kier alpha value is -1.36. The number of thioether (sulfide) groups is 1. The fraction of sp³-hybridized carbons (Fsp3) is 0.364. The summed E-state index contributed by atoms with van der Waals surface area (Å²) in [5.41, 5.74) is 0. The minimum atomic E-state index is -0.0669. The summed E-state index contributed by atoms with van der Waals surface area (Å²) in [6.45, 7) is 0. The topological polar surface area (TPSA) is 38.8 Å². The van der Waals surface area contributed by atoms with E-state index in [1.165, 1.54) is 4.90 Å². The molecule has 0 aliphatic carbocycles. The Balaban J connectivity index is 3.04. The van der Waals surface area contributed by atoms with E-state index >= 15 is 0 Å². The zero-order chi connectivity index (χ0) is 12.1. The Morgan fingerprint density at radius 2 is 1.69 bits per heavy atom. The molecular weight excluding hydrogens is 226 g/mol. The smallest absolute Gasteiger partial charge is 0.286 e. The molecule has 1 aromatic carbocycles. The second-order valence-electron chi connectivity index (χ2n) is 3.25. The molecule has 0 bridgehead atoms. The molecule has 0 N–H and O–H groups in total. The average Bonchev–Trinajstić information content (AvgIpc) is 2.29. The number of rotatable bonds is 3. The fourth-order valence-electron chi connectivity index (χ4n) is 1.10. The van der Waals surface area contributed by atoms with Crippen molar-refractivity contribution in [3.8, 4) is 11.5 Å². The molecule has 0 saturated heterocycles. The number of benzene rings is 1. The predicted octanol–water partition coefficient (Wildman–Crippen LogP) is 2.48. The number of methoxy groups -OCH3 is 2. The van der Waals surface area contributed by atoms with E-state index < -0.39 is 0 Å². The highest BCUT2D eigenvalue weighted by atomic mass is 32.2. The quantitative estimate of drug-likeness (QED) is 0.762. The maximum Gasteiger partial charge on any atom is 0.286 e. The molecule has 5 heteroatoms. The van der Waals surface area contributed by atoms with Gasteiger partial charge in [0.15, 0.2) is 0 Å². The molecule has 0 atom stereocenters. The number of carbonyl (C=O) groups excluding carboxylic acids is 1. The molecule has 1 rings (SSSR count). The van der Waals surface area contributed by atoms with E-state index in [0.29, 0.717) is 16.4 Å². The monoisotopic (exact) mass is 241 g/mol. The lowest BCUT2D eigenvalue weighted by Gasteiger charge is -2.14. The van der Waals surface area contributed by atoms with Crippen molar-refractivity contribution in [3.05, 3.63) is 18.2 Å². The SMILES string of the molecule is COc1cccc(OC)c1SC(=O)N(C)C. The van der Waals surface area contributed by atoms with E-state index in [9.17, 15) is 4.79 Å². The standard InChI is InChI=1S/C11H15NO3S/c1-12(2)11(13)16-10-8(14-3)6-5-7-9(10)15-4/h5-7H,1-4H3. The van der Waals surface area contributed by atoms with Gasteiger partial charge >= 0.3 is 0 Å². The van der Waals surface area contributed by atoms with Crippen LogP contribution in [0.5, 0.6) is 11.5 Å². The van der Waals surface area contributed by atoms with Crippen LogP contribution in [0.4, 0.5) is 4.79 Å². The van der Waals surface area contributed by atoms with Crippen LogP contribution in [0.25, 0.3) is 0 Å². The van der Waals surface area contributed by atoms with Crippen LogP contribution >= 0.6 is 11.8 Å². The van der Waals surface area contributed by atoms with Gasteiger partial charge in [0, 0.05) is 14.1 Å². The van der Waals surface area contributed by atoms with Gasteiger partial charge in [0.2, 0.25) is 0 Å². The van der Waals surface area contributed by atoms with E-state index in [0.717, 1.165) is 11.8 Å². The summed E-state index contributed by atoms with van der Waals surface area (Å²) in [7, 11) is 6.55. The van der Waals surface area contributed by atoms with Crippen molar-refractivity contribution in [2.75, 3.05) is 28.3 Å². The zero-order valence-corrected chi connectivity index (χ0v) is 10.6. The number of carbonyl (C=O) groups is 1. The van der Waals surface area contributed by atoms with Crippen molar-refractivity contribution >= 4 is 17.0 Å². The Bertz CT molecular complexity index is 357. The molecule has 0 fully saturated rings. The minimum Gasteiger partial charge on any atom is -0.495 e. The number of amides is 1. The predicted molar refractivity (Wildman–Crippen MR) is 64.5 cm³/mol. The van der Waals surface area contributed by atoms with Crippen LogP contribution in [0.1, 0.15) is 0 Å². The lowest BCUT2D eigenvalue weighted by Crippen LogP contribution is -2.16. The fourth-order valence-corrected chi connectivity index (χ4v) is 1.96. The van der Waals surface area contributed by atoms with Gasteiger partial charge in [-0.2, -0.15) is 0 Å². The van der Waals surface area contributed by atoms with Crippen molar-refractivity contribution in [1.82, 2.24) is 4.90 Å². The van der Waals surface area contributed by atoms with Gasteiger partial charge in [-0.05, 0) is 23.9 Å². The van der Waals surface area contributed by atoms with Crippen LogP contribution in [0.3, 0.4) is 0 Å². The van der Waals surface area contributed by atoms with Crippen LogP contribution in [0.2, 0.25) is 0 Å². The van der Waals surface area contributed by atoms with Crippen LogP contribution in [-0.2, 0) is 0 Å². The van der Waals surface area contributed by atoms with Gasteiger partial charge in [-0.3, -0.25) is 4.79 Å². The van der Waals surface area contributed by atoms with Gasteiger partial charge in [-0.15, -0.1) is 0 Å². The summed E-state index contributed by atoms with van der Waals surface area (Å²) in [6, 6.07) is 5.42. The van der Waals surface area contributed by atoms with E-state index in [1.807, 2.05) is 6.07 Å². The largest absolute Gasteiger partial charge is 0.495 e.